The molecule has 10 unspecified atom stereocenters. The summed E-state index contributed by atoms with van der Waals surface area (Å²) in [6.45, 7) is 20.4. The van der Waals surface area contributed by atoms with E-state index in [0.29, 0.717) is 77.0 Å². The average Bonchev–Trinajstić information content (AvgIpc) is 1.55. The van der Waals surface area contributed by atoms with Crippen LogP contribution in [0.2, 0.25) is 10.0 Å². The van der Waals surface area contributed by atoms with Gasteiger partial charge in [0.25, 0.3) is 0 Å². The van der Waals surface area contributed by atoms with E-state index in [1.165, 1.54) is 169 Å². The summed E-state index contributed by atoms with van der Waals surface area (Å²) in [4.78, 5) is 24.3. The Bertz CT molecular complexity index is 4160. The number of morpholine rings is 3. The summed E-state index contributed by atoms with van der Waals surface area (Å²) in [5.74, 6) is 1.97. The maximum Gasteiger partial charge on any atom is 0.160 e. The molecule has 4 heterocycles. The number of rotatable bonds is 34. The van der Waals surface area contributed by atoms with E-state index >= 15 is 0 Å². The first-order valence-corrected chi connectivity index (χ1v) is 48.9. The van der Waals surface area contributed by atoms with Crippen molar-refractivity contribution in [2.45, 2.75) is 234 Å². The molecule has 7 aromatic rings. The summed E-state index contributed by atoms with van der Waals surface area (Å²) < 4.78 is 70.7. The SMILES string of the molecule is Brc1ccccc1CCOC1CCCCC1N1CCOCC1.COCCN(CCOC)C1CCCCC1OCCc1ccc2ccccc2c1.COc1ccc(CCCOC2CCCCC2N2CCOCC2)cc1OC.Clc1ccc(CCOC2CCCCC2N2CCOCC2)cc1Cl.O=C1CCN(C2CCCCC2OCCc2cccc3ccccc23)C1. The molecule has 0 amide bonds. The highest BCUT2D eigenvalue weighted by Gasteiger charge is 2.38. The molecule has 124 heavy (non-hydrogen) atoms. The van der Waals surface area contributed by atoms with Gasteiger partial charge in [-0.1, -0.05) is 219 Å². The molecular formula is C103H146BrCl2N5O13. The van der Waals surface area contributed by atoms with Crippen LogP contribution in [0.1, 0.15) is 169 Å². The predicted molar refractivity (Wildman–Crippen MR) is 505 cm³/mol. The Hall–Kier alpha value is -5.21. The third kappa shape index (κ3) is 31.3. The number of aryl methyl sites for hydroxylation is 1. The van der Waals surface area contributed by atoms with Gasteiger partial charge in [0.1, 0.15) is 5.78 Å². The first-order valence-electron chi connectivity index (χ1n) is 47.4. The van der Waals surface area contributed by atoms with Crippen LogP contribution in [0.4, 0.5) is 0 Å². The van der Waals surface area contributed by atoms with E-state index in [4.69, 9.17) is 80.0 Å². The molecule has 4 saturated heterocycles. The number of likely N-dealkylation sites (tertiary alicyclic amines) is 1. The van der Waals surface area contributed by atoms with Crippen molar-refractivity contribution in [3.05, 3.63) is 188 Å². The Kier molecular flexibility index (Phi) is 43.5. The van der Waals surface area contributed by atoms with Crippen molar-refractivity contribution in [2.24, 2.45) is 0 Å². The Morgan fingerprint density at radius 3 is 1.35 bits per heavy atom. The van der Waals surface area contributed by atoms with Crippen LogP contribution in [0.15, 0.2) is 150 Å². The fourth-order valence-corrected chi connectivity index (χ4v) is 20.9. The van der Waals surface area contributed by atoms with Crippen molar-refractivity contribution in [3.8, 4) is 11.5 Å². The third-order valence-electron chi connectivity index (χ3n) is 26.9. The number of hydrogen-bond acceptors (Lipinski definition) is 18. The number of fused-ring (bicyclic) bond motifs is 2. The first kappa shape index (κ1) is 97.8. The summed E-state index contributed by atoms with van der Waals surface area (Å²) in [6, 6.07) is 53.4. The maximum atomic E-state index is 11.6. The summed E-state index contributed by atoms with van der Waals surface area (Å²) >= 11 is 15.7. The number of ether oxygens (including phenoxy) is 12. The number of Topliss-reactive ketones (excluding diaryl/α,β-unsaturated/α-hetero) is 1. The van der Waals surface area contributed by atoms with Crippen LogP contribution >= 0.6 is 39.1 Å². The normalized spacial score (nSPS) is 24.3. The van der Waals surface area contributed by atoms with Crippen LogP contribution in [0, 0.1) is 0 Å². The Morgan fingerprint density at radius 2 is 0.815 bits per heavy atom. The van der Waals surface area contributed by atoms with Crippen molar-refractivity contribution in [1.82, 2.24) is 24.5 Å². The van der Waals surface area contributed by atoms with Gasteiger partial charge in [-0.2, -0.15) is 0 Å². The number of nitrogens with zero attached hydrogens (tertiary/aromatic N) is 5. The van der Waals surface area contributed by atoms with E-state index in [2.05, 4.69) is 162 Å². The molecule has 4 aliphatic heterocycles. The second-order valence-corrected chi connectivity index (χ2v) is 36.7. The zero-order valence-corrected chi connectivity index (χ0v) is 78.3. The van der Waals surface area contributed by atoms with Crippen LogP contribution < -0.4 is 9.47 Å². The van der Waals surface area contributed by atoms with Gasteiger partial charge in [-0.05, 0) is 182 Å². The van der Waals surface area contributed by atoms with Crippen LogP contribution in [0.5, 0.6) is 11.5 Å². The van der Waals surface area contributed by atoms with Crippen LogP contribution in [0.3, 0.4) is 0 Å². The molecule has 0 aromatic heterocycles. The van der Waals surface area contributed by atoms with E-state index in [-0.39, 0.29) is 6.10 Å². The van der Waals surface area contributed by atoms with E-state index < -0.39 is 0 Å². The van der Waals surface area contributed by atoms with Gasteiger partial charge in [0.15, 0.2) is 11.5 Å². The van der Waals surface area contributed by atoms with Gasteiger partial charge < -0.3 is 56.8 Å². The van der Waals surface area contributed by atoms with Gasteiger partial charge in [0, 0.05) is 121 Å². The molecule has 10 atom stereocenters. The average molecular weight is 1810 g/mol. The van der Waals surface area contributed by atoms with E-state index in [9.17, 15) is 4.79 Å². The van der Waals surface area contributed by atoms with Gasteiger partial charge in [-0.15, -0.1) is 0 Å². The van der Waals surface area contributed by atoms with Gasteiger partial charge in [-0.25, -0.2) is 0 Å². The fraction of sp³-hybridized carbons (Fsp3) is 0.621. The lowest BCUT2D eigenvalue weighted by Crippen LogP contribution is -2.51. The summed E-state index contributed by atoms with van der Waals surface area (Å²) in [6.07, 6.45) is 33.2. The topological polar surface area (TPSA) is 144 Å². The van der Waals surface area contributed by atoms with Gasteiger partial charge in [0.2, 0.25) is 0 Å². The van der Waals surface area contributed by atoms with Crippen LogP contribution in [-0.2, 0) is 84.3 Å². The van der Waals surface area contributed by atoms with Crippen molar-refractivity contribution in [2.75, 3.05) is 180 Å². The minimum absolute atomic E-state index is 0.287. The van der Waals surface area contributed by atoms with Crippen LogP contribution in [0.25, 0.3) is 21.5 Å². The highest BCUT2D eigenvalue weighted by Crippen LogP contribution is 2.35. The quantitative estimate of drug-likeness (QED) is 0.0352. The van der Waals surface area contributed by atoms with E-state index in [1.54, 1.807) is 28.4 Å². The number of carbonyl (C=O) groups is 1. The maximum absolute atomic E-state index is 11.6. The summed E-state index contributed by atoms with van der Waals surface area (Å²) in [5.41, 5.74) is 6.49. The minimum Gasteiger partial charge on any atom is -0.493 e. The molecule has 0 bridgehead atoms. The lowest BCUT2D eigenvalue weighted by molar-refractivity contribution is -0.117. The molecule has 0 radical (unpaired) electrons. The van der Waals surface area contributed by atoms with Gasteiger partial charge >= 0.3 is 0 Å². The number of methoxy groups -OCH3 is 4. The molecule has 0 spiro atoms. The number of carbonyl (C=O) groups excluding carboxylic acids is 1. The molecule has 18 nitrogen and oxygen atoms in total. The van der Waals surface area contributed by atoms with Crippen molar-refractivity contribution >= 4 is 66.5 Å². The fourth-order valence-electron chi connectivity index (χ4n) is 20.1. The van der Waals surface area contributed by atoms with Crippen molar-refractivity contribution in [3.63, 3.8) is 0 Å². The second-order valence-electron chi connectivity index (χ2n) is 35.0. The molecule has 0 N–H and O–H groups in total. The molecule has 5 aliphatic carbocycles. The Balaban J connectivity index is 0.000000142. The molecule has 16 rings (SSSR count). The smallest absolute Gasteiger partial charge is 0.160 e. The third-order valence-corrected chi connectivity index (χ3v) is 28.4. The molecule has 21 heteroatoms. The number of ketones is 1. The molecule has 5 saturated carbocycles. The van der Waals surface area contributed by atoms with Crippen LogP contribution in [-0.4, -0.2) is 271 Å². The molecule has 7 aromatic carbocycles. The summed E-state index contributed by atoms with van der Waals surface area (Å²) in [7, 11) is 6.89. The first-order chi connectivity index (χ1) is 61.0. The zero-order valence-electron chi connectivity index (χ0n) is 75.2. The zero-order chi connectivity index (χ0) is 86.1. The molecule has 9 aliphatic rings. The molecule has 682 valence electrons. The highest BCUT2D eigenvalue weighted by molar-refractivity contribution is 9.10. The largest absolute Gasteiger partial charge is 0.493 e. The van der Waals surface area contributed by atoms with E-state index in [1.807, 2.05) is 24.3 Å². The Labute approximate surface area is 761 Å². The predicted octanol–water partition coefficient (Wildman–Crippen LogP) is 19.4. The number of hydrogen-bond donors (Lipinski definition) is 0. The standard InChI is InChI=1S/C24H35NO3.C22H27NO2.C21H33NO4.C18H26BrNO2.C18H25Cl2NO2/c1-26-17-14-25(15-18-27-2)23-9-5-6-10-24(23)28-16-13-20-11-12-21-7-3-4-8-22(21)19-20;24-19-12-14-23(16-19)21-10-3-4-11-22(21)25-15-13-18-8-5-7-17-6-1-2-9-20(17)18;1-23-20-10-9-17(16-21(20)24-2)6-5-13-26-19-8-4-3-7-18(19)22-11-14-25-15-12-22;19-16-6-2-1-5-15(16)9-12-22-18-8-4-3-7-17(18)20-10-13-21-14-11-20;19-15-6-5-14(13-16(15)20)7-10-23-18-4-2-1-3-17(18)21-8-11-22-12-9-21/h3-4,7-8,11-12,19,23-24H,5-6,9-10,13-18H2,1-2H3;1-2,5-9,21-22H,3-4,10-16H2;9-10,16,18-19H,3-8,11-15H2,1-2H3;1-2,5-6,17-18H,3-4,7-14H2;5-6,13,17-18H,1-4,7-12H2. The minimum atomic E-state index is 0.287. The van der Waals surface area contributed by atoms with Crippen molar-refractivity contribution in [1.29, 1.82) is 0 Å². The van der Waals surface area contributed by atoms with Crippen molar-refractivity contribution < 1.29 is 61.6 Å². The van der Waals surface area contributed by atoms with Gasteiger partial charge in [0.05, 0.1) is 141 Å². The van der Waals surface area contributed by atoms with E-state index in [0.717, 1.165) is 214 Å². The number of halogens is 3. The highest BCUT2D eigenvalue weighted by atomic mass is 79.9. The Morgan fingerprint density at radius 1 is 0.379 bits per heavy atom. The van der Waals surface area contributed by atoms with Gasteiger partial charge in [-0.3, -0.25) is 29.3 Å². The monoisotopic (exact) mass is 1810 g/mol. The second kappa shape index (κ2) is 55.1. The molecule has 9 fully saturated rings. The lowest BCUT2D eigenvalue weighted by atomic mass is 9.91. The summed E-state index contributed by atoms with van der Waals surface area (Å²) in [5, 5.41) is 6.46. The number of benzene rings is 7. The molecular weight excluding hydrogens is 1670 g/mol. The lowest BCUT2D eigenvalue weighted by Gasteiger charge is -2.41.